The van der Waals surface area contributed by atoms with Crippen LogP contribution in [-0.4, -0.2) is 20.0 Å². The summed E-state index contributed by atoms with van der Waals surface area (Å²) in [5.74, 6) is 0.480. The third kappa shape index (κ3) is 3.15. The first-order valence-electron chi connectivity index (χ1n) is 8.13. The number of anilines is 2. The van der Waals surface area contributed by atoms with Crippen molar-refractivity contribution in [1.29, 1.82) is 5.26 Å². The van der Waals surface area contributed by atoms with Gasteiger partial charge in [0.25, 0.3) is 5.91 Å². The Bertz CT molecular complexity index is 799. The van der Waals surface area contributed by atoms with Crippen molar-refractivity contribution in [2.75, 3.05) is 24.3 Å². The van der Waals surface area contributed by atoms with Crippen LogP contribution in [-0.2, 0) is 12.8 Å². The van der Waals surface area contributed by atoms with Crippen molar-refractivity contribution in [3.63, 3.8) is 0 Å². The van der Waals surface area contributed by atoms with Gasteiger partial charge in [-0.05, 0) is 55.0 Å². The summed E-state index contributed by atoms with van der Waals surface area (Å²) < 4.78 is 0. The molecule has 24 heavy (non-hydrogen) atoms. The number of nitriles is 1. The Labute approximate surface area is 146 Å². The molecule has 1 aliphatic carbocycles. The summed E-state index contributed by atoms with van der Waals surface area (Å²) in [5, 5.41) is 13.1. The van der Waals surface area contributed by atoms with Crippen molar-refractivity contribution < 1.29 is 4.79 Å². The van der Waals surface area contributed by atoms with E-state index in [9.17, 15) is 10.1 Å². The van der Waals surface area contributed by atoms with Crippen molar-refractivity contribution in [1.82, 2.24) is 0 Å². The van der Waals surface area contributed by atoms with Gasteiger partial charge in [0.15, 0.2) is 0 Å². The quantitative estimate of drug-likeness (QED) is 0.917. The van der Waals surface area contributed by atoms with Crippen molar-refractivity contribution >= 4 is 27.9 Å². The molecule has 1 aromatic carbocycles. The fourth-order valence-corrected chi connectivity index (χ4v) is 4.40. The van der Waals surface area contributed by atoms with Gasteiger partial charge in [-0.3, -0.25) is 4.79 Å². The average molecular weight is 339 g/mol. The molecule has 2 aromatic rings. The lowest BCUT2D eigenvalue weighted by Crippen LogP contribution is -2.13. The summed E-state index contributed by atoms with van der Waals surface area (Å²) in [6, 6.07) is 9.75. The Kier molecular flexibility index (Phi) is 4.59. The lowest BCUT2D eigenvalue weighted by atomic mass is 9.88. The van der Waals surface area contributed by atoms with E-state index in [2.05, 4.69) is 18.3 Å². The normalized spacial score (nSPS) is 16.2. The average Bonchev–Trinajstić information content (AvgIpc) is 2.90. The van der Waals surface area contributed by atoms with E-state index in [0.29, 0.717) is 22.0 Å². The molecule has 4 nitrogen and oxygen atoms in total. The molecule has 0 aliphatic heterocycles. The molecule has 0 saturated carbocycles. The van der Waals surface area contributed by atoms with E-state index in [0.717, 1.165) is 30.5 Å². The number of benzene rings is 1. The summed E-state index contributed by atoms with van der Waals surface area (Å²) in [7, 11) is 3.93. The molecule has 124 valence electrons. The van der Waals surface area contributed by atoms with Crippen LogP contribution in [0.15, 0.2) is 24.3 Å². The molecule has 0 saturated heterocycles. The Morgan fingerprint density at radius 3 is 2.67 bits per heavy atom. The minimum absolute atomic E-state index is 0.163. The Hall–Kier alpha value is -2.32. The van der Waals surface area contributed by atoms with Crippen molar-refractivity contribution in [2.24, 2.45) is 5.92 Å². The van der Waals surface area contributed by atoms with Gasteiger partial charge in [0.1, 0.15) is 11.1 Å². The molecule has 1 heterocycles. The Morgan fingerprint density at radius 1 is 1.33 bits per heavy atom. The van der Waals surface area contributed by atoms with Crippen LogP contribution in [0.25, 0.3) is 0 Å². The zero-order valence-electron chi connectivity index (χ0n) is 14.2. The van der Waals surface area contributed by atoms with Gasteiger partial charge in [-0.2, -0.15) is 5.26 Å². The monoisotopic (exact) mass is 339 g/mol. The molecule has 1 atom stereocenters. The summed E-state index contributed by atoms with van der Waals surface area (Å²) in [6.45, 7) is 2.24. The summed E-state index contributed by atoms with van der Waals surface area (Å²) in [5.41, 5.74) is 3.44. The van der Waals surface area contributed by atoms with Gasteiger partial charge in [-0.1, -0.05) is 6.92 Å². The number of carbonyl (C=O) groups is 1. The molecule has 1 aromatic heterocycles. The number of hydrogen-bond acceptors (Lipinski definition) is 4. The minimum atomic E-state index is -0.163. The van der Waals surface area contributed by atoms with E-state index in [-0.39, 0.29) is 5.91 Å². The number of carbonyl (C=O) groups excluding carboxylic acids is 1. The second-order valence-electron chi connectivity index (χ2n) is 6.56. The van der Waals surface area contributed by atoms with Gasteiger partial charge in [-0.25, -0.2) is 0 Å². The van der Waals surface area contributed by atoms with Gasteiger partial charge in [0.05, 0.1) is 5.56 Å². The topological polar surface area (TPSA) is 56.1 Å². The SMILES string of the molecule is C[C@H]1CCc2c(sc(NC(=O)c3ccc(N(C)C)cc3)c2C#N)C1. The van der Waals surface area contributed by atoms with Crippen LogP contribution >= 0.6 is 11.3 Å². The van der Waals surface area contributed by atoms with E-state index in [1.54, 1.807) is 11.3 Å². The Balaban J connectivity index is 1.83. The summed E-state index contributed by atoms with van der Waals surface area (Å²) >= 11 is 1.56. The van der Waals surface area contributed by atoms with Crippen molar-refractivity contribution in [3.05, 3.63) is 45.8 Å². The molecule has 0 bridgehead atoms. The number of hydrogen-bond donors (Lipinski definition) is 1. The standard InChI is InChI=1S/C19H21N3OS/c1-12-4-9-15-16(11-20)19(24-17(15)10-12)21-18(23)13-5-7-14(8-6-13)22(2)3/h5-8,12H,4,9-10H2,1-3H3,(H,21,23)/t12-/m0/s1. The maximum Gasteiger partial charge on any atom is 0.256 e. The summed E-state index contributed by atoms with van der Waals surface area (Å²) in [6.07, 6.45) is 3.04. The predicted molar refractivity (Wildman–Crippen MR) is 98.9 cm³/mol. The van der Waals surface area contributed by atoms with Gasteiger partial charge >= 0.3 is 0 Å². The van der Waals surface area contributed by atoms with Gasteiger partial charge in [0, 0.05) is 30.2 Å². The van der Waals surface area contributed by atoms with Crippen molar-refractivity contribution in [2.45, 2.75) is 26.2 Å². The molecule has 1 aliphatic rings. The summed E-state index contributed by atoms with van der Waals surface area (Å²) in [4.78, 5) is 15.8. The van der Waals surface area contributed by atoms with Gasteiger partial charge in [-0.15, -0.1) is 11.3 Å². The first-order chi connectivity index (χ1) is 11.5. The van der Waals surface area contributed by atoms with E-state index in [1.165, 1.54) is 4.88 Å². The molecular formula is C19H21N3OS. The zero-order chi connectivity index (χ0) is 17.3. The number of amides is 1. The van der Waals surface area contributed by atoms with Crippen LogP contribution in [0.4, 0.5) is 10.7 Å². The molecule has 5 heteroatoms. The maximum absolute atomic E-state index is 12.5. The molecule has 1 amide bonds. The van der Waals surface area contributed by atoms with Crippen LogP contribution in [0.3, 0.4) is 0 Å². The minimum Gasteiger partial charge on any atom is -0.378 e. The largest absolute Gasteiger partial charge is 0.378 e. The second-order valence-corrected chi connectivity index (χ2v) is 7.67. The molecule has 0 fully saturated rings. The molecule has 0 spiro atoms. The molecule has 3 rings (SSSR count). The lowest BCUT2D eigenvalue weighted by molar-refractivity contribution is 0.102. The van der Waals surface area contributed by atoms with E-state index in [1.807, 2.05) is 43.3 Å². The third-order valence-corrected chi connectivity index (χ3v) is 5.67. The van der Waals surface area contributed by atoms with Crippen molar-refractivity contribution in [3.8, 4) is 6.07 Å². The molecule has 1 N–H and O–H groups in total. The second kappa shape index (κ2) is 6.66. The van der Waals surface area contributed by atoms with Gasteiger partial charge in [0.2, 0.25) is 0 Å². The van der Waals surface area contributed by atoms with Crippen LogP contribution < -0.4 is 10.2 Å². The zero-order valence-corrected chi connectivity index (χ0v) is 15.0. The van der Waals surface area contributed by atoms with E-state index >= 15 is 0 Å². The fraction of sp³-hybridized carbons (Fsp3) is 0.368. The highest BCUT2D eigenvalue weighted by molar-refractivity contribution is 7.16. The highest BCUT2D eigenvalue weighted by Gasteiger charge is 2.24. The number of thiophene rings is 1. The van der Waals surface area contributed by atoms with Crippen LogP contribution in [0.1, 0.15) is 39.7 Å². The van der Waals surface area contributed by atoms with Crippen LogP contribution in [0.5, 0.6) is 0 Å². The number of nitrogens with zero attached hydrogens (tertiary/aromatic N) is 2. The molecule has 0 radical (unpaired) electrons. The smallest absolute Gasteiger partial charge is 0.256 e. The number of rotatable bonds is 3. The predicted octanol–water partition coefficient (Wildman–Crippen LogP) is 4.06. The first-order valence-corrected chi connectivity index (χ1v) is 8.94. The number of nitrogens with one attached hydrogen (secondary N) is 1. The lowest BCUT2D eigenvalue weighted by Gasteiger charge is -2.17. The van der Waals surface area contributed by atoms with Crippen LogP contribution in [0, 0.1) is 17.2 Å². The van der Waals surface area contributed by atoms with E-state index in [4.69, 9.17) is 0 Å². The first kappa shape index (κ1) is 16.5. The van der Waals surface area contributed by atoms with E-state index < -0.39 is 0 Å². The number of fused-ring (bicyclic) bond motifs is 1. The Morgan fingerprint density at radius 2 is 2.04 bits per heavy atom. The van der Waals surface area contributed by atoms with Crippen LogP contribution in [0.2, 0.25) is 0 Å². The molecule has 0 unspecified atom stereocenters. The molecular weight excluding hydrogens is 318 g/mol. The highest BCUT2D eigenvalue weighted by atomic mass is 32.1. The highest BCUT2D eigenvalue weighted by Crippen LogP contribution is 2.39. The fourth-order valence-electron chi connectivity index (χ4n) is 3.04. The maximum atomic E-state index is 12.5. The van der Waals surface area contributed by atoms with Gasteiger partial charge < -0.3 is 10.2 Å². The third-order valence-electron chi connectivity index (χ3n) is 4.50.